The van der Waals surface area contributed by atoms with Crippen molar-refractivity contribution >= 4 is 27.7 Å². The number of sulfonamides is 1. The molecule has 0 bridgehead atoms. The van der Waals surface area contributed by atoms with Crippen molar-refractivity contribution < 1.29 is 22.8 Å². The van der Waals surface area contributed by atoms with Gasteiger partial charge in [0, 0.05) is 26.6 Å². The summed E-state index contributed by atoms with van der Waals surface area (Å²) in [5.74, 6) is -1.10. The summed E-state index contributed by atoms with van der Waals surface area (Å²) in [4.78, 5) is 39.8. The Hall–Kier alpha value is -3.20. The van der Waals surface area contributed by atoms with E-state index in [4.69, 9.17) is 0 Å². The topological polar surface area (TPSA) is 104 Å². The molecule has 1 atom stereocenters. The Labute approximate surface area is 194 Å². The fraction of sp³-hybridized carbons (Fsp3) is 0.375. The predicted octanol–water partition coefficient (Wildman–Crippen LogP) is 2.47. The Bertz CT molecular complexity index is 1160. The lowest BCUT2D eigenvalue weighted by atomic mass is 10.1. The summed E-state index contributed by atoms with van der Waals surface area (Å²) in [6.07, 6.45) is 0.604. The van der Waals surface area contributed by atoms with Crippen LogP contribution in [0.4, 0.5) is 0 Å². The molecule has 1 heterocycles. The first kappa shape index (κ1) is 24.4. The molecule has 9 heteroatoms. The fourth-order valence-corrected chi connectivity index (χ4v) is 5.63. The van der Waals surface area contributed by atoms with Gasteiger partial charge in [0.25, 0.3) is 15.9 Å². The van der Waals surface area contributed by atoms with Crippen molar-refractivity contribution in [3.8, 4) is 0 Å². The first-order chi connectivity index (χ1) is 15.7. The minimum Gasteiger partial charge on any atom is -0.357 e. The average molecular weight is 472 g/mol. The van der Waals surface area contributed by atoms with Crippen molar-refractivity contribution in [3.63, 3.8) is 0 Å². The van der Waals surface area contributed by atoms with Crippen LogP contribution in [0.15, 0.2) is 53.4 Å². The molecule has 1 N–H and O–H groups in total. The van der Waals surface area contributed by atoms with E-state index < -0.39 is 22.0 Å². The number of amides is 3. The maximum atomic E-state index is 13.2. The lowest BCUT2D eigenvalue weighted by Gasteiger charge is -2.31. The number of rotatable bonds is 9. The highest BCUT2D eigenvalue weighted by atomic mass is 32.2. The van der Waals surface area contributed by atoms with E-state index >= 15 is 0 Å². The van der Waals surface area contributed by atoms with Gasteiger partial charge in [0.1, 0.15) is 10.9 Å². The largest absolute Gasteiger partial charge is 0.357 e. The van der Waals surface area contributed by atoms with Gasteiger partial charge in [-0.05, 0) is 43.0 Å². The van der Waals surface area contributed by atoms with Crippen molar-refractivity contribution in [2.24, 2.45) is 0 Å². The lowest BCUT2D eigenvalue weighted by Crippen LogP contribution is -2.48. The van der Waals surface area contributed by atoms with Gasteiger partial charge in [-0.1, -0.05) is 43.3 Å². The molecule has 0 aliphatic carbocycles. The van der Waals surface area contributed by atoms with Crippen LogP contribution >= 0.6 is 0 Å². The van der Waals surface area contributed by atoms with Crippen molar-refractivity contribution in [2.45, 2.75) is 50.6 Å². The summed E-state index contributed by atoms with van der Waals surface area (Å²) in [7, 11) is -2.38. The minimum absolute atomic E-state index is 0.00632. The van der Waals surface area contributed by atoms with Gasteiger partial charge >= 0.3 is 0 Å². The van der Waals surface area contributed by atoms with Crippen LogP contribution in [-0.2, 0) is 26.2 Å². The molecule has 2 aromatic rings. The van der Waals surface area contributed by atoms with E-state index in [-0.39, 0.29) is 48.2 Å². The highest BCUT2D eigenvalue weighted by Crippen LogP contribution is 2.30. The molecule has 1 aliphatic heterocycles. The number of fused-ring (bicyclic) bond motifs is 1. The number of nitrogens with one attached hydrogen (secondary N) is 1. The van der Waals surface area contributed by atoms with Gasteiger partial charge in [-0.15, -0.1) is 0 Å². The molecule has 3 rings (SSSR count). The molecule has 8 nitrogen and oxygen atoms in total. The van der Waals surface area contributed by atoms with E-state index in [0.29, 0.717) is 6.42 Å². The molecule has 0 fully saturated rings. The van der Waals surface area contributed by atoms with Gasteiger partial charge < -0.3 is 10.2 Å². The molecule has 2 aromatic carbocycles. The molecule has 0 spiro atoms. The van der Waals surface area contributed by atoms with Gasteiger partial charge in [0.15, 0.2) is 0 Å². The Morgan fingerprint density at radius 3 is 2.39 bits per heavy atom. The highest BCUT2D eigenvalue weighted by molar-refractivity contribution is 7.90. The molecule has 0 saturated heterocycles. The van der Waals surface area contributed by atoms with Crippen LogP contribution in [-0.4, -0.2) is 55.0 Å². The third kappa shape index (κ3) is 4.93. The number of likely N-dealkylation sites (N-methyl/N-ethyl adjacent to an activating group) is 1. The van der Waals surface area contributed by atoms with Crippen LogP contribution in [0.2, 0.25) is 0 Å². The van der Waals surface area contributed by atoms with Crippen molar-refractivity contribution in [3.05, 3.63) is 65.2 Å². The van der Waals surface area contributed by atoms with E-state index in [1.165, 1.54) is 24.1 Å². The molecule has 33 heavy (non-hydrogen) atoms. The van der Waals surface area contributed by atoms with Crippen molar-refractivity contribution in [2.75, 3.05) is 13.6 Å². The Morgan fingerprint density at radius 1 is 1.09 bits per heavy atom. The van der Waals surface area contributed by atoms with E-state index in [9.17, 15) is 22.8 Å². The smallest absolute Gasteiger partial charge is 0.269 e. The Morgan fingerprint density at radius 2 is 1.76 bits per heavy atom. The molecule has 0 radical (unpaired) electrons. The number of carbonyl (C=O) groups excluding carboxylic acids is 3. The second-order valence-electron chi connectivity index (χ2n) is 7.97. The zero-order valence-electron chi connectivity index (χ0n) is 19.1. The lowest BCUT2D eigenvalue weighted by molar-refractivity contribution is -0.141. The zero-order valence-corrected chi connectivity index (χ0v) is 19.9. The molecule has 1 aliphatic rings. The molecule has 3 amide bonds. The molecular weight excluding hydrogens is 442 g/mol. The van der Waals surface area contributed by atoms with Gasteiger partial charge in [-0.2, -0.15) is 0 Å². The summed E-state index contributed by atoms with van der Waals surface area (Å²) >= 11 is 0. The predicted molar refractivity (Wildman–Crippen MR) is 124 cm³/mol. The van der Waals surface area contributed by atoms with Crippen molar-refractivity contribution in [1.29, 1.82) is 0 Å². The molecular formula is C24H29N3O5S. The van der Waals surface area contributed by atoms with Crippen LogP contribution < -0.4 is 5.32 Å². The highest BCUT2D eigenvalue weighted by Gasteiger charge is 2.40. The number of nitrogens with zero attached hydrogens (tertiary/aromatic N) is 2. The standard InChI is InChI=1S/C24H29N3O5S/c1-4-20(23(29)25-3)26(16-18-11-6-5-10-17(18)2)22(28)14-9-15-27-24(30)19-12-7-8-13-21(19)33(27,31)32/h5-8,10-13,20H,4,9,14-16H2,1-3H3,(H,25,29)/t20-/m1/s1. The number of benzene rings is 2. The maximum Gasteiger partial charge on any atom is 0.269 e. The monoisotopic (exact) mass is 471 g/mol. The quantitative estimate of drug-likeness (QED) is 0.605. The molecule has 0 saturated carbocycles. The number of aryl methyl sites for hydroxylation is 1. The van der Waals surface area contributed by atoms with Crippen LogP contribution in [0.3, 0.4) is 0 Å². The summed E-state index contributed by atoms with van der Waals surface area (Å²) in [6.45, 7) is 3.95. The summed E-state index contributed by atoms with van der Waals surface area (Å²) in [5, 5.41) is 2.61. The third-order valence-corrected chi connectivity index (χ3v) is 7.74. The number of hydrogen-bond donors (Lipinski definition) is 1. The summed E-state index contributed by atoms with van der Waals surface area (Å²) in [6, 6.07) is 13.1. The van der Waals surface area contributed by atoms with E-state index in [1.807, 2.05) is 38.1 Å². The van der Waals surface area contributed by atoms with Gasteiger partial charge in [0.05, 0.1) is 5.56 Å². The average Bonchev–Trinajstić information content (AvgIpc) is 3.00. The van der Waals surface area contributed by atoms with Crippen LogP contribution in [0, 0.1) is 6.92 Å². The SMILES string of the molecule is CC[C@H](C(=O)NC)N(Cc1ccccc1C)C(=O)CCCN1C(=O)c2ccccc2S1(=O)=O. The van der Waals surface area contributed by atoms with E-state index in [0.717, 1.165) is 15.4 Å². The second kappa shape index (κ2) is 10.2. The minimum atomic E-state index is -3.91. The molecule has 176 valence electrons. The van der Waals surface area contributed by atoms with Crippen LogP contribution in [0.1, 0.15) is 47.7 Å². The maximum absolute atomic E-state index is 13.2. The number of hydrogen-bond acceptors (Lipinski definition) is 5. The van der Waals surface area contributed by atoms with E-state index in [2.05, 4.69) is 5.32 Å². The Balaban J connectivity index is 1.74. The fourth-order valence-electron chi connectivity index (χ4n) is 4.03. The normalized spacial score (nSPS) is 15.1. The van der Waals surface area contributed by atoms with Crippen LogP contribution in [0.25, 0.3) is 0 Å². The summed E-state index contributed by atoms with van der Waals surface area (Å²) < 4.78 is 26.3. The van der Waals surface area contributed by atoms with Gasteiger partial charge in [-0.3, -0.25) is 14.4 Å². The van der Waals surface area contributed by atoms with Gasteiger partial charge in [-0.25, -0.2) is 12.7 Å². The second-order valence-corrected chi connectivity index (χ2v) is 9.80. The Kier molecular flexibility index (Phi) is 7.53. The van der Waals surface area contributed by atoms with Crippen LogP contribution in [0.5, 0.6) is 0 Å². The zero-order chi connectivity index (χ0) is 24.2. The number of carbonyl (C=O) groups is 3. The van der Waals surface area contributed by atoms with E-state index in [1.54, 1.807) is 12.1 Å². The third-order valence-electron chi connectivity index (χ3n) is 5.90. The van der Waals surface area contributed by atoms with Crippen molar-refractivity contribution in [1.82, 2.24) is 14.5 Å². The molecule has 0 unspecified atom stereocenters. The first-order valence-electron chi connectivity index (χ1n) is 10.9. The summed E-state index contributed by atoms with van der Waals surface area (Å²) in [5.41, 5.74) is 2.09. The molecule has 0 aromatic heterocycles. The van der Waals surface area contributed by atoms with Gasteiger partial charge in [0.2, 0.25) is 11.8 Å². The first-order valence-corrected chi connectivity index (χ1v) is 12.4.